The Bertz CT molecular complexity index is 397. The summed E-state index contributed by atoms with van der Waals surface area (Å²) in [6, 6.07) is 0.616. The molecule has 0 spiro atoms. The van der Waals surface area contributed by atoms with E-state index in [9.17, 15) is 0 Å². The van der Waals surface area contributed by atoms with Crippen molar-refractivity contribution in [1.82, 2.24) is 15.1 Å². The maximum atomic E-state index is 4.75. The molecular weight excluding hydrogens is 234 g/mol. The van der Waals surface area contributed by atoms with Crippen LogP contribution in [-0.2, 0) is 6.54 Å². The van der Waals surface area contributed by atoms with Gasteiger partial charge in [0.2, 0.25) is 0 Å². The number of aromatic nitrogens is 2. The van der Waals surface area contributed by atoms with E-state index < -0.39 is 0 Å². The molecule has 0 amide bonds. The molecule has 108 valence electrons. The lowest BCUT2D eigenvalue weighted by atomic mass is 9.79. The van der Waals surface area contributed by atoms with E-state index in [1.54, 1.807) is 0 Å². The second-order valence-electron chi connectivity index (χ2n) is 6.32. The predicted molar refractivity (Wildman–Crippen MR) is 80.2 cm³/mol. The van der Waals surface area contributed by atoms with Gasteiger partial charge in [0, 0.05) is 18.3 Å². The van der Waals surface area contributed by atoms with Crippen molar-refractivity contribution in [3.05, 3.63) is 17.5 Å². The SMILES string of the molecule is CCCNCc1cn(C2CCC(C)C(C)C2)nc1C. The molecule has 19 heavy (non-hydrogen) atoms. The Morgan fingerprint density at radius 1 is 1.32 bits per heavy atom. The third-order valence-corrected chi connectivity index (χ3v) is 4.71. The molecule has 3 heteroatoms. The summed E-state index contributed by atoms with van der Waals surface area (Å²) < 4.78 is 2.24. The maximum Gasteiger partial charge on any atom is 0.0638 e. The van der Waals surface area contributed by atoms with Crippen LogP contribution in [0.1, 0.15) is 63.8 Å². The molecule has 1 saturated carbocycles. The number of rotatable bonds is 5. The first-order chi connectivity index (χ1) is 9.11. The van der Waals surface area contributed by atoms with Gasteiger partial charge in [-0.25, -0.2) is 0 Å². The van der Waals surface area contributed by atoms with E-state index in [1.165, 1.54) is 36.9 Å². The molecule has 1 aliphatic carbocycles. The Hall–Kier alpha value is -0.830. The van der Waals surface area contributed by atoms with Gasteiger partial charge in [-0.15, -0.1) is 0 Å². The summed E-state index contributed by atoms with van der Waals surface area (Å²) in [6.07, 6.45) is 7.36. The lowest BCUT2D eigenvalue weighted by molar-refractivity contribution is 0.200. The topological polar surface area (TPSA) is 29.9 Å². The molecular formula is C16H29N3. The Morgan fingerprint density at radius 2 is 2.11 bits per heavy atom. The molecule has 0 aromatic carbocycles. The number of hydrogen-bond acceptors (Lipinski definition) is 2. The molecule has 3 unspecified atom stereocenters. The first-order valence-electron chi connectivity index (χ1n) is 7.87. The molecule has 0 aliphatic heterocycles. The summed E-state index contributed by atoms with van der Waals surface area (Å²) in [5, 5.41) is 8.22. The van der Waals surface area contributed by atoms with Gasteiger partial charge in [-0.1, -0.05) is 20.8 Å². The molecule has 1 fully saturated rings. The van der Waals surface area contributed by atoms with Crippen LogP contribution in [0.4, 0.5) is 0 Å². The molecule has 2 rings (SSSR count). The number of nitrogens with zero attached hydrogens (tertiary/aromatic N) is 2. The number of nitrogens with one attached hydrogen (secondary N) is 1. The molecule has 1 aromatic rings. The average molecular weight is 263 g/mol. The Morgan fingerprint density at radius 3 is 2.79 bits per heavy atom. The van der Waals surface area contributed by atoms with Gasteiger partial charge >= 0.3 is 0 Å². The summed E-state index contributed by atoms with van der Waals surface area (Å²) in [4.78, 5) is 0. The van der Waals surface area contributed by atoms with Crippen LogP contribution in [0.3, 0.4) is 0 Å². The molecule has 1 aliphatic rings. The smallest absolute Gasteiger partial charge is 0.0638 e. The van der Waals surface area contributed by atoms with E-state index in [0.717, 1.165) is 24.9 Å². The van der Waals surface area contributed by atoms with Gasteiger partial charge in [-0.05, 0) is 51.0 Å². The first-order valence-corrected chi connectivity index (χ1v) is 7.87. The molecule has 0 saturated heterocycles. The van der Waals surface area contributed by atoms with Crippen molar-refractivity contribution in [2.24, 2.45) is 11.8 Å². The Balaban J connectivity index is 1.99. The largest absolute Gasteiger partial charge is 0.313 e. The van der Waals surface area contributed by atoms with Gasteiger partial charge in [0.25, 0.3) is 0 Å². The van der Waals surface area contributed by atoms with Crippen LogP contribution in [-0.4, -0.2) is 16.3 Å². The van der Waals surface area contributed by atoms with E-state index in [1.807, 2.05) is 0 Å². The van der Waals surface area contributed by atoms with Crippen molar-refractivity contribution in [3.63, 3.8) is 0 Å². The first kappa shape index (κ1) is 14.6. The van der Waals surface area contributed by atoms with E-state index in [2.05, 4.69) is 43.9 Å². The zero-order valence-electron chi connectivity index (χ0n) is 12.9. The second kappa shape index (κ2) is 6.56. The average Bonchev–Trinajstić information content (AvgIpc) is 2.75. The summed E-state index contributed by atoms with van der Waals surface area (Å²) in [6.45, 7) is 11.1. The standard InChI is InChI=1S/C16H29N3/c1-5-8-17-10-15-11-19(18-14(15)4)16-7-6-12(2)13(3)9-16/h11-13,16-17H,5-10H2,1-4H3. The summed E-state index contributed by atoms with van der Waals surface area (Å²) in [5.41, 5.74) is 2.55. The normalized spacial score (nSPS) is 27.7. The lowest BCUT2D eigenvalue weighted by Gasteiger charge is -2.32. The van der Waals surface area contributed by atoms with Gasteiger partial charge in [0.15, 0.2) is 0 Å². The van der Waals surface area contributed by atoms with E-state index >= 15 is 0 Å². The van der Waals surface area contributed by atoms with Gasteiger partial charge in [-0.2, -0.15) is 5.10 Å². The fourth-order valence-electron chi connectivity index (χ4n) is 3.04. The van der Waals surface area contributed by atoms with E-state index in [0.29, 0.717) is 6.04 Å². The van der Waals surface area contributed by atoms with Crippen LogP contribution in [0.15, 0.2) is 6.20 Å². The van der Waals surface area contributed by atoms with Crippen molar-refractivity contribution in [1.29, 1.82) is 0 Å². The number of aryl methyl sites for hydroxylation is 1. The highest BCUT2D eigenvalue weighted by molar-refractivity contribution is 5.15. The molecule has 3 nitrogen and oxygen atoms in total. The van der Waals surface area contributed by atoms with Gasteiger partial charge in [0.05, 0.1) is 11.7 Å². The highest BCUT2D eigenvalue weighted by Gasteiger charge is 2.26. The van der Waals surface area contributed by atoms with Crippen molar-refractivity contribution in [2.75, 3.05) is 6.54 Å². The quantitative estimate of drug-likeness (QED) is 0.821. The van der Waals surface area contributed by atoms with Gasteiger partial charge in [0.1, 0.15) is 0 Å². The summed E-state index contributed by atoms with van der Waals surface area (Å²) >= 11 is 0. The molecule has 0 radical (unpaired) electrons. The van der Waals surface area contributed by atoms with Crippen LogP contribution in [0.2, 0.25) is 0 Å². The van der Waals surface area contributed by atoms with Crippen LogP contribution < -0.4 is 5.32 Å². The van der Waals surface area contributed by atoms with Crippen LogP contribution in [0.5, 0.6) is 0 Å². The zero-order valence-corrected chi connectivity index (χ0v) is 12.9. The van der Waals surface area contributed by atoms with Crippen molar-refractivity contribution < 1.29 is 0 Å². The lowest BCUT2D eigenvalue weighted by Crippen LogP contribution is -2.23. The second-order valence-corrected chi connectivity index (χ2v) is 6.32. The molecule has 1 N–H and O–H groups in total. The maximum absolute atomic E-state index is 4.75. The summed E-state index contributed by atoms with van der Waals surface area (Å²) in [5.74, 6) is 1.70. The Kier molecular flexibility index (Phi) is 5.03. The molecule has 0 bridgehead atoms. The van der Waals surface area contributed by atoms with Crippen LogP contribution in [0.25, 0.3) is 0 Å². The van der Waals surface area contributed by atoms with E-state index in [-0.39, 0.29) is 0 Å². The minimum absolute atomic E-state index is 0.616. The molecule has 1 heterocycles. The van der Waals surface area contributed by atoms with Crippen LogP contribution >= 0.6 is 0 Å². The third kappa shape index (κ3) is 3.59. The summed E-state index contributed by atoms with van der Waals surface area (Å²) in [7, 11) is 0. The minimum atomic E-state index is 0.616. The van der Waals surface area contributed by atoms with Gasteiger partial charge < -0.3 is 5.32 Å². The fourth-order valence-corrected chi connectivity index (χ4v) is 3.04. The van der Waals surface area contributed by atoms with Crippen molar-refractivity contribution in [2.45, 2.75) is 66.0 Å². The minimum Gasteiger partial charge on any atom is -0.313 e. The van der Waals surface area contributed by atoms with Gasteiger partial charge in [-0.3, -0.25) is 4.68 Å². The molecule has 1 aromatic heterocycles. The zero-order chi connectivity index (χ0) is 13.8. The fraction of sp³-hybridized carbons (Fsp3) is 0.812. The van der Waals surface area contributed by atoms with Crippen molar-refractivity contribution in [3.8, 4) is 0 Å². The third-order valence-electron chi connectivity index (χ3n) is 4.71. The monoisotopic (exact) mass is 263 g/mol. The number of hydrogen-bond donors (Lipinski definition) is 1. The van der Waals surface area contributed by atoms with Crippen molar-refractivity contribution >= 4 is 0 Å². The highest BCUT2D eigenvalue weighted by atomic mass is 15.3. The van der Waals surface area contributed by atoms with Crippen LogP contribution in [0, 0.1) is 18.8 Å². The highest BCUT2D eigenvalue weighted by Crippen LogP contribution is 2.36. The molecule has 3 atom stereocenters. The Labute approximate surface area is 117 Å². The van der Waals surface area contributed by atoms with E-state index in [4.69, 9.17) is 5.10 Å². The predicted octanol–water partition coefficient (Wildman–Crippen LogP) is 3.69.